The van der Waals surface area contributed by atoms with E-state index in [1.165, 1.54) is 4.57 Å². The van der Waals surface area contributed by atoms with Crippen molar-refractivity contribution in [3.05, 3.63) is 69.1 Å². The molecule has 1 aliphatic heterocycles. The molecule has 39 heavy (non-hydrogen) atoms. The zero-order valence-electron chi connectivity index (χ0n) is 21.2. The van der Waals surface area contributed by atoms with E-state index in [0.717, 1.165) is 29.4 Å². The lowest BCUT2D eigenvalue weighted by Crippen LogP contribution is -2.43. The SMILES string of the molecule is Cn1c(=O)[nH]c2ccc(CN3CCC(CC4CC4)(C(=O)NCc4cc(C(F)(F)F)cc(C(F)(F)F)c4)C3)cc21. The molecule has 2 aromatic carbocycles. The van der Waals surface area contributed by atoms with Crippen LogP contribution in [0.1, 0.15) is 47.9 Å². The molecule has 2 N–H and O–H groups in total. The predicted octanol–water partition coefficient (Wildman–Crippen LogP) is 5.21. The lowest BCUT2D eigenvalue weighted by atomic mass is 9.80. The smallest absolute Gasteiger partial charge is 0.352 e. The predicted molar refractivity (Wildman–Crippen MR) is 132 cm³/mol. The van der Waals surface area contributed by atoms with E-state index in [4.69, 9.17) is 0 Å². The number of H-pyrrole nitrogens is 1. The number of amides is 1. The molecule has 2 fully saturated rings. The first-order chi connectivity index (χ1) is 18.2. The number of rotatable bonds is 7. The minimum absolute atomic E-state index is 0.0808. The number of aromatic amines is 1. The second kappa shape index (κ2) is 9.72. The van der Waals surface area contributed by atoms with Crippen LogP contribution in [0.4, 0.5) is 26.3 Å². The van der Waals surface area contributed by atoms with Gasteiger partial charge < -0.3 is 10.3 Å². The molecule has 0 bridgehead atoms. The number of halogens is 6. The third-order valence-corrected chi connectivity index (χ3v) is 7.77. The van der Waals surface area contributed by atoms with Crippen LogP contribution in [0.3, 0.4) is 0 Å². The maximum Gasteiger partial charge on any atom is 0.416 e. The van der Waals surface area contributed by atoms with Crippen LogP contribution in [-0.2, 0) is 37.3 Å². The van der Waals surface area contributed by atoms with Crippen molar-refractivity contribution < 1.29 is 31.1 Å². The zero-order chi connectivity index (χ0) is 28.2. The topological polar surface area (TPSA) is 70.1 Å². The van der Waals surface area contributed by atoms with Crippen molar-refractivity contribution in [2.24, 2.45) is 18.4 Å². The molecule has 3 aromatic rings. The summed E-state index contributed by atoms with van der Waals surface area (Å²) in [6, 6.07) is 7.03. The molecule has 2 heterocycles. The summed E-state index contributed by atoms with van der Waals surface area (Å²) < 4.78 is 81.0. The lowest BCUT2D eigenvalue weighted by molar-refractivity contribution is -0.143. The molecule has 1 atom stereocenters. The largest absolute Gasteiger partial charge is 0.416 e. The number of likely N-dealkylation sites (tertiary alicyclic amines) is 1. The van der Waals surface area contributed by atoms with Crippen molar-refractivity contribution in [2.75, 3.05) is 13.1 Å². The molecule has 5 rings (SSSR count). The lowest BCUT2D eigenvalue weighted by Gasteiger charge is -2.29. The van der Waals surface area contributed by atoms with E-state index in [2.05, 4.69) is 15.2 Å². The minimum Gasteiger partial charge on any atom is -0.352 e. The molecule has 1 aromatic heterocycles. The number of fused-ring (bicyclic) bond motifs is 1. The Bertz CT molecular complexity index is 1420. The fraction of sp³-hybridized carbons (Fsp3) is 0.481. The normalized spacial score (nSPS) is 20.6. The van der Waals surface area contributed by atoms with Gasteiger partial charge >= 0.3 is 18.0 Å². The Morgan fingerprint density at radius 2 is 1.69 bits per heavy atom. The second-order valence-corrected chi connectivity index (χ2v) is 10.8. The average Bonchev–Trinajstić information content (AvgIpc) is 3.51. The first-order valence-corrected chi connectivity index (χ1v) is 12.7. The van der Waals surface area contributed by atoms with Crippen LogP contribution >= 0.6 is 0 Å². The summed E-state index contributed by atoms with van der Waals surface area (Å²) in [5.74, 6) is 0.0261. The van der Waals surface area contributed by atoms with E-state index in [0.29, 0.717) is 50.5 Å². The van der Waals surface area contributed by atoms with Crippen LogP contribution < -0.4 is 11.0 Å². The number of aryl methyl sites for hydroxylation is 1. The molecular weight excluding hydrogens is 526 g/mol. The fourth-order valence-corrected chi connectivity index (χ4v) is 5.53. The summed E-state index contributed by atoms with van der Waals surface area (Å²) in [5, 5.41) is 2.65. The number of carbonyl (C=O) groups is 1. The number of carbonyl (C=O) groups excluding carboxylic acids is 1. The van der Waals surface area contributed by atoms with Crippen LogP contribution in [0, 0.1) is 11.3 Å². The van der Waals surface area contributed by atoms with Crippen molar-refractivity contribution >= 4 is 16.9 Å². The monoisotopic (exact) mass is 554 g/mol. The Labute approximate surface area is 220 Å². The number of alkyl halides is 6. The van der Waals surface area contributed by atoms with Gasteiger partial charge in [-0.15, -0.1) is 0 Å². The number of nitrogens with one attached hydrogen (secondary N) is 2. The van der Waals surface area contributed by atoms with E-state index in [-0.39, 0.29) is 23.2 Å². The number of nitrogens with zero attached hydrogens (tertiary/aromatic N) is 2. The Morgan fingerprint density at radius 3 is 2.31 bits per heavy atom. The molecule has 12 heteroatoms. The van der Waals surface area contributed by atoms with E-state index >= 15 is 0 Å². The Morgan fingerprint density at radius 1 is 1.03 bits per heavy atom. The molecule has 1 unspecified atom stereocenters. The van der Waals surface area contributed by atoms with Gasteiger partial charge in [-0.05, 0) is 66.8 Å². The summed E-state index contributed by atoms with van der Waals surface area (Å²) in [6.07, 6.45) is -6.75. The molecule has 2 aliphatic rings. The number of imidazole rings is 1. The van der Waals surface area contributed by atoms with Gasteiger partial charge in [-0.3, -0.25) is 14.3 Å². The number of benzene rings is 2. The summed E-state index contributed by atoms with van der Waals surface area (Å²) in [6.45, 7) is 1.15. The zero-order valence-corrected chi connectivity index (χ0v) is 21.2. The van der Waals surface area contributed by atoms with Crippen molar-refractivity contribution in [1.29, 1.82) is 0 Å². The number of hydrogen-bond acceptors (Lipinski definition) is 3. The molecule has 1 saturated heterocycles. The van der Waals surface area contributed by atoms with Crippen molar-refractivity contribution in [1.82, 2.24) is 19.8 Å². The first-order valence-electron chi connectivity index (χ1n) is 12.7. The maximum atomic E-state index is 13.5. The van der Waals surface area contributed by atoms with Crippen molar-refractivity contribution in [2.45, 2.75) is 51.1 Å². The highest BCUT2D eigenvalue weighted by Gasteiger charge is 2.47. The fourth-order valence-electron chi connectivity index (χ4n) is 5.53. The minimum atomic E-state index is -4.95. The van der Waals surface area contributed by atoms with E-state index in [1.54, 1.807) is 7.05 Å². The van der Waals surface area contributed by atoms with E-state index in [9.17, 15) is 35.9 Å². The van der Waals surface area contributed by atoms with Crippen LogP contribution in [0.2, 0.25) is 0 Å². The van der Waals surface area contributed by atoms with Gasteiger partial charge in [-0.2, -0.15) is 26.3 Å². The molecule has 210 valence electrons. The highest BCUT2D eigenvalue weighted by molar-refractivity contribution is 5.83. The Balaban J connectivity index is 1.32. The third kappa shape index (κ3) is 5.85. The van der Waals surface area contributed by atoms with Gasteiger partial charge in [0, 0.05) is 26.7 Å². The van der Waals surface area contributed by atoms with Crippen LogP contribution in [-0.4, -0.2) is 33.4 Å². The summed E-state index contributed by atoms with van der Waals surface area (Å²) in [7, 11) is 1.67. The van der Waals surface area contributed by atoms with Gasteiger partial charge in [0.05, 0.1) is 27.6 Å². The highest BCUT2D eigenvalue weighted by Crippen LogP contribution is 2.45. The Kier molecular flexibility index (Phi) is 6.80. The summed E-state index contributed by atoms with van der Waals surface area (Å²) in [5.41, 5.74) is -1.61. The van der Waals surface area contributed by atoms with Crippen LogP contribution in [0.25, 0.3) is 11.0 Å². The first kappa shape index (κ1) is 27.3. The molecule has 1 saturated carbocycles. The van der Waals surface area contributed by atoms with Crippen molar-refractivity contribution in [3.8, 4) is 0 Å². The van der Waals surface area contributed by atoms with Crippen molar-refractivity contribution in [3.63, 3.8) is 0 Å². The molecule has 0 radical (unpaired) electrons. The van der Waals surface area contributed by atoms with Gasteiger partial charge in [0.2, 0.25) is 5.91 Å². The summed E-state index contributed by atoms with van der Waals surface area (Å²) >= 11 is 0. The quantitative estimate of drug-likeness (QED) is 0.394. The summed E-state index contributed by atoms with van der Waals surface area (Å²) in [4.78, 5) is 30.3. The standard InChI is InChI=1S/C27H28F6N4O2/c1-36-22-10-17(4-5-21(22)35-24(36)39)14-37-7-6-25(15-37,12-16-2-3-16)23(38)34-13-18-8-19(26(28,29)30)11-20(9-18)27(31,32)33/h4-5,8-11,16H,2-3,6-7,12-15H2,1H3,(H,34,38)(H,35,39). The second-order valence-electron chi connectivity index (χ2n) is 10.8. The third-order valence-electron chi connectivity index (χ3n) is 7.77. The molecule has 1 aliphatic carbocycles. The van der Waals surface area contributed by atoms with Crippen LogP contribution in [0.5, 0.6) is 0 Å². The van der Waals surface area contributed by atoms with Gasteiger partial charge in [0.15, 0.2) is 0 Å². The van der Waals surface area contributed by atoms with Gasteiger partial charge in [0.25, 0.3) is 0 Å². The molecular formula is C27H28F6N4O2. The van der Waals surface area contributed by atoms with Gasteiger partial charge in [0.1, 0.15) is 0 Å². The average molecular weight is 555 g/mol. The Hall–Kier alpha value is -3.28. The number of aromatic nitrogens is 2. The molecule has 1 amide bonds. The van der Waals surface area contributed by atoms with Gasteiger partial charge in [-0.1, -0.05) is 18.9 Å². The van der Waals surface area contributed by atoms with E-state index in [1.807, 2.05) is 18.2 Å². The molecule has 0 spiro atoms. The van der Waals surface area contributed by atoms with Gasteiger partial charge in [-0.25, -0.2) is 4.79 Å². The van der Waals surface area contributed by atoms with Crippen LogP contribution in [0.15, 0.2) is 41.2 Å². The maximum absolute atomic E-state index is 13.5. The number of hydrogen-bond donors (Lipinski definition) is 2. The molecule has 6 nitrogen and oxygen atoms in total. The van der Waals surface area contributed by atoms with E-state index < -0.39 is 35.4 Å². The highest BCUT2D eigenvalue weighted by atomic mass is 19.4.